The summed E-state index contributed by atoms with van der Waals surface area (Å²) in [6.07, 6.45) is 1.60. The topological polar surface area (TPSA) is 46.3 Å². The summed E-state index contributed by atoms with van der Waals surface area (Å²) in [7, 11) is 0. The lowest BCUT2D eigenvalue weighted by atomic mass is 10.0. The number of halogens is 3. The lowest BCUT2D eigenvalue weighted by Crippen LogP contribution is -2.46. The molecule has 1 aromatic rings. The number of carbonyl (C=O) groups is 1. The van der Waals surface area contributed by atoms with Gasteiger partial charge in [0.25, 0.3) is 5.91 Å². The number of nitrogens with two attached hydrogens (primary N) is 1. The molecule has 0 aromatic heterocycles. The van der Waals surface area contributed by atoms with Gasteiger partial charge in [-0.1, -0.05) is 6.07 Å². The van der Waals surface area contributed by atoms with Crippen LogP contribution in [0.5, 0.6) is 0 Å². The standard InChI is InChI=1S/C12H14F2N2O.ClH/c13-9-4-1-5-10(14)11(9)12(17)16-6-2-3-8(15)7-16;/h1,4-5,8H,2-3,6-7,15H2;1H/t8-;/m0./s1. The molecule has 100 valence electrons. The van der Waals surface area contributed by atoms with Crippen LogP contribution < -0.4 is 5.73 Å². The summed E-state index contributed by atoms with van der Waals surface area (Å²) in [4.78, 5) is 13.4. The first kappa shape index (κ1) is 14.9. The summed E-state index contributed by atoms with van der Waals surface area (Å²) >= 11 is 0. The number of carbonyl (C=O) groups excluding carboxylic acids is 1. The molecule has 1 atom stereocenters. The number of hydrogen-bond acceptors (Lipinski definition) is 2. The lowest BCUT2D eigenvalue weighted by molar-refractivity contribution is 0.0699. The van der Waals surface area contributed by atoms with Gasteiger partial charge in [-0.3, -0.25) is 4.79 Å². The number of nitrogens with zero attached hydrogens (tertiary/aromatic N) is 1. The Kier molecular flexibility index (Phi) is 5.04. The van der Waals surface area contributed by atoms with E-state index in [4.69, 9.17) is 5.73 Å². The van der Waals surface area contributed by atoms with Crippen LogP contribution in [0.1, 0.15) is 23.2 Å². The van der Waals surface area contributed by atoms with Gasteiger partial charge in [-0.25, -0.2) is 8.78 Å². The molecule has 0 saturated carbocycles. The fourth-order valence-corrected chi connectivity index (χ4v) is 2.05. The summed E-state index contributed by atoms with van der Waals surface area (Å²) in [5, 5.41) is 0. The Morgan fingerprint density at radius 2 is 1.94 bits per heavy atom. The molecule has 2 N–H and O–H groups in total. The van der Waals surface area contributed by atoms with Crippen molar-refractivity contribution in [2.45, 2.75) is 18.9 Å². The zero-order valence-electron chi connectivity index (χ0n) is 9.73. The highest BCUT2D eigenvalue weighted by molar-refractivity contribution is 5.94. The lowest BCUT2D eigenvalue weighted by Gasteiger charge is -2.30. The zero-order chi connectivity index (χ0) is 12.4. The van der Waals surface area contributed by atoms with E-state index in [1.165, 1.54) is 11.0 Å². The van der Waals surface area contributed by atoms with Crippen molar-refractivity contribution in [2.75, 3.05) is 13.1 Å². The van der Waals surface area contributed by atoms with Crippen LogP contribution in [0.25, 0.3) is 0 Å². The van der Waals surface area contributed by atoms with Crippen molar-refractivity contribution in [3.8, 4) is 0 Å². The Balaban J connectivity index is 0.00000162. The number of benzene rings is 1. The highest BCUT2D eigenvalue weighted by atomic mass is 35.5. The molecule has 0 bridgehead atoms. The van der Waals surface area contributed by atoms with Crippen molar-refractivity contribution in [1.82, 2.24) is 4.90 Å². The Hall–Kier alpha value is -1.20. The van der Waals surface area contributed by atoms with E-state index < -0.39 is 23.1 Å². The molecule has 6 heteroatoms. The Morgan fingerprint density at radius 3 is 2.50 bits per heavy atom. The molecule has 0 unspecified atom stereocenters. The van der Waals surface area contributed by atoms with Gasteiger partial charge < -0.3 is 10.6 Å². The molecular formula is C12H15ClF2N2O. The molecule has 1 saturated heterocycles. The number of amides is 1. The van der Waals surface area contributed by atoms with Crippen LogP contribution in [-0.2, 0) is 0 Å². The summed E-state index contributed by atoms with van der Waals surface area (Å²) in [6.45, 7) is 0.854. The van der Waals surface area contributed by atoms with E-state index in [1.807, 2.05) is 0 Å². The minimum Gasteiger partial charge on any atom is -0.337 e. The smallest absolute Gasteiger partial charge is 0.259 e. The monoisotopic (exact) mass is 276 g/mol. The van der Waals surface area contributed by atoms with Crippen LogP contribution in [0.15, 0.2) is 18.2 Å². The van der Waals surface area contributed by atoms with Gasteiger partial charge in [0.05, 0.1) is 0 Å². The van der Waals surface area contributed by atoms with Crippen LogP contribution in [0.2, 0.25) is 0 Å². The average molecular weight is 277 g/mol. The second kappa shape index (κ2) is 6.11. The molecule has 1 fully saturated rings. The van der Waals surface area contributed by atoms with E-state index in [2.05, 4.69) is 0 Å². The van der Waals surface area contributed by atoms with Gasteiger partial charge >= 0.3 is 0 Å². The van der Waals surface area contributed by atoms with E-state index in [1.54, 1.807) is 0 Å². The molecule has 1 aliphatic rings. The number of hydrogen-bond donors (Lipinski definition) is 1. The maximum Gasteiger partial charge on any atom is 0.259 e. The summed E-state index contributed by atoms with van der Waals surface area (Å²) in [6, 6.07) is 3.30. The van der Waals surface area contributed by atoms with Crippen LogP contribution in [-0.4, -0.2) is 29.9 Å². The van der Waals surface area contributed by atoms with Crippen LogP contribution in [0.4, 0.5) is 8.78 Å². The third kappa shape index (κ3) is 2.97. The molecule has 1 amide bonds. The SMILES string of the molecule is Cl.N[C@H]1CCCN(C(=O)c2c(F)cccc2F)C1. The molecule has 18 heavy (non-hydrogen) atoms. The highest BCUT2D eigenvalue weighted by Crippen LogP contribution is 2.17. The van der Waals surface area contributed by atoms with Crippen LogP contribution >= 0.6 is 12.4 Å². The predicted molar refractivity (Wildman–Crippen MR) is 66.7 cm³/mol. The fraction of sp³-hybridized carbons (Fsp3) is 0.417. The van der Waals surface area contributed by atoms with Crippen LogP contribution in [0, 0.1) is 11.6 Å². The fourth-order valence-electron chi connectivity index (χ4n) is 2.05. The number of piperidine rings is 1. The Morgan fingerprint density at radius 1 is 1.33 bits per heavy atom. The minimum absolute atomic E-state index is 0. The van der Waals surface area contributed by atoms with Crippen molar-refractivity contribution in [2.24, 2.45) is 5.73 Å². The second-order valence-electron chi connectivity index (χ2n) is 4.25. The summed E-state index contributed by atoms with van der Waals surface area (Å²) in [5.41, 5.74) is 5.25. The van der Waals surface area contributed by atoms with Gasteiger partial charge in [-0.15, -0.1) is 12.4 Å². The summed E-state index contributed by atoms with van der Waals surface area (Å²) < 4.78 is 26.9. The second-order valence-corrected chi connectivity index (χ2v) is 4.25. The van der Waals surface area contributed by atoms with Gasteiger partial charge in [-0.2, -0.15) is 0 Å². The molecule has 0 aliphatic carbocycles. The zero-order valence-corrected chi connectivity index (χ0v) is 10.6. The normalized spacial score (nSPS) is 19.3. The highest BCUT2D eigenvalue weighted by Gasteiger charge is 2.26. The van der Waals surface area contributed by atoms with Gasteiger partial charge in [-0.05, 0) is 25.0 Å². The molecule has 1 heterocycles. The maximum atomic E-state index is 13.4. The van der Waals surface area contributed by atoms with Crippen molar-refractivity contribution >= 4 is 18.3 Å². The largest absolute Gasteiger partial charge is 0.337 e. The van der Waals surface area contributed by atoms with Crippen LogP contribution in [0.3, 0.4) is 0 Å². The third-order valence-corrected chi connectivity index (χ3v) is 2.92. The molecule has 1 aromatic carbocycles. The van der Waals surface area contributed by atoms with Crippen molar-refractivity contribution in [3.63, 3.8) is 0 Å². The predicted octanol–water partition coefficient (Wildman–Crippen LogP) is 1.95. The molecule has 0 radical (unpaired) electrons. The van der Waals surface area contributed by atoms with E-state index in [-0.39, 0.29) is 18.4 Å². The van der Waals surface area contributed by atoms with E-state index in [0.29, 0.717) is 13.1 Å². The van der Waals surface area contributed by atoms with E-state index >= 15 is 0 Å². The summed E-state index contributed by atoms with van der Waals surface area (Å²) in [5.74, 6) is -2.26. The Labute approximate surface area is 110 Å². The molecule has 1 aliphatic heterocycles. The van der Waals surface area contributed by atoms with E-state index in [0.717, 1.165) is 25.0 Å². The van der Waals surface area contributed by atoms with Crippen molar-refractivity contribution in [1.29, 1.82) is 0 Å². The first-order valence-corrected chi connectivity index (χ1v) is 5.58. The molecule has 2 rings (SSSR count). The minimum atomic E-state index is -0.825. The molecule has 0 spiro atoms. The molecule has 3 nitrogen and oxygen atoms in total. The van der Waals surface area contributed by atoms with Gasteiger partial charge in [0, 0.05) is 19.1 Å². The Bertz CT molecular complexity index is 422. The van der Waals surface area contributed by atoms with Gasteiger partial charge in [0.15, 0.2) is 0 Å². The van der Waals surface area contributed by atoms with Gasteiger partial charge in [0.1, 0.15) is 17.2 Å². The number of likely N-dealkylation sites (tertiary alicyclic amines) is 1. The van der Waals surface area contributed by atoms with Crippen molar-refractivity contribution < 1.29 is 13.6 Å². The quantitative estimate of drug-likeness (QED) is 0.852. The number of rotatable bonds is 1. The maximum absolute atomic E-state index is 13.4. The third-order valence-electron chi connectivity index (χ3n) is 2.92. The first-order valence-electron chi connectivity index (χ1n) is 5.58. The van der Waals surface area contributed by atoms with Gasteiger partial charge in [0.2, 0.25) is 0 Å². The van der Waals surface area contributed by atoms with Crippen molar-refractivity contribution in [3.05, 3.63) is 35.4 Å². The average Bonchev–Trinajstić information content (AvgIpc) is 2.28. The first-order chi connectivity index (χ1) is 8.09. The molecular weight excluding hydrogens is 262 g/mol. The van der Waals surface area contributed by atoms with E-state index in [9.17, 15) is 13.6 Å².